The van der Waals surface area contributed by atoms with E-state index in [-0.39, 0.29) is 30.9 Å². The zero-order valence-corrected chi connectivity index (χ0v) is 26.0. The van der Waals surface area contributed by atoms with E-state index in [4.69, 9.17) is 9.47 Å². The van der Waals surface area contributed by atoms with Crippen LogP contribution < -0.4 is 5.32 Å². The van der Waals surface area contributed by atoms with Gasteiger partial charge in [0.15, 0.2) is 0 Å². The Labute approximate surface area is 260 Å². The molecule has 3 saturated heterocycles. The number of amides is 3. The number of allylic oxidation sites excluding steroid dienone is 1. The molecule has 0 unspecified atom stereocenters. The number of fused-ring (bicyclic) bond motifs is 1. The Morgan fingerprint density at radius 3 is 2.66 bits per heavy atom. The molecule has 3 heterocycles. The van der Waals surface area contributed by atoms with Crippen molar-refractivity contribution >= 4 is 23.7 Å². The molecule has 44 heavy (non-hydrogen) atoms. The van der Waals surface area contributed by atoms with Crippen molar-refractivity contribution in [3.8, 4) is 0 Å². The van der Waals surface area contributed by atoms with Crippen LogP contribution in [0.4, 0.5) is 0 Å². The molecule has 1 spiro atoms. The van der Waals surface area contributed by atoms with Gasteiger partial charge in [0, 0.05) is 19.5 Å². The number of hydrogen-bond donors (Lipinski definition) is 2. The Bertz CT molecular complexity index is 1210. The van der Waals surface area contributed by atoms with Crippen LogP contribution in [0.3, 0.4) is 0 Å². The Balaban J connectivity index is 1.63. The van der Waals surface area contributed by atoms with E-state index in [1.165, 1.54) is 4.90 Å². The number of hydrogen-bond acceptors (Lipinski definition) is 7. The second kappa shape index (κ2) is 15.0. The summed E-state index contributed by atoms with van der Waals surface area (Å²) in [6, 6.07) is 7.82. The van der Waals surface area contributed by atoms with Gasteiger partial charge >= 0.3 is 5.97 Å². The van der Waals surface area contributed by atoms with Crippen LogP contribution in [0.5, 0.6) is 0 Å². The summed E-state index contributed by atoms with van der Waals surface area (Å²) in [4.78, 5) is 57.8. The number of aliphatic hydroxyl groups is 1. The second-order valence-corrected chi connectivity index (χ2v) is 12.1. The van der Waals surface area contributed by atoms with Crippen LogP contribution in [0, 0.1) is 11.8 Å². The lowest BCUT2D eigenvalue weighted by Gasteiger charge is -2.39. The third kappa shape index (κ3) is 6.76. The molecule has 0 saturated carbocycles. The molecule has 7 atom stereocenters. The first-order chi connectivity index (χ1) is 21.2. The first-order valence-corrected chi connectivity index (χ1v) is 15.8. The van der Waals surface area contributed by atoms with E-state index in [2.05, 4.69) is 18.5 Å². The standard InChI is InChI=1S/C34H47N3O7/c1-5-8-15-27(39)35-21-23(4)43-33(42)28-26-16-17-34(44-26)29(28)31(40)37(25(22-38)20-24-13-11-10-12-14-24)30(34)32(41)36(18-7-3)19-9-6-2/h5,7,10-14,23,25-26,28-30,38H,1,3,6,8-9,15-22H2,2,4H3,(H,35,39)/t23-,25+,26+,28-,29-,30+,34-/m0/s1. The predicted octanol–water partition coefficient (Wildman–Crippen LogP) is 2.79. The summed E-state index contributed by atoms with van der Waals surface area (Å²) < 4.78 is 12.3. The van der Waals surface area contributed by atoms with E-state index < -0.39 is 47.7 Å². The number of nitrogens with one attached hydrogen (secondary N) is 1. The zero-order valence-electron chi connectivity index (χ0n) is 26.0. The van der Waals surface area contributed by atoms with Gasteiger partial charge in [0.2, 0.25) is 17.7 Å². The minimum Gasteiger partial charge on any atom is -0.460 e. The molecular weight excluding hydrogens is 562 g/mol. The van der Waals surface area contributed by atoms with Crippen LogP contribution in [-0.2, 0) is 35.1 Å². The molecule has 2 N–H and O–H groups in total. The maximum absolute atomic E-state index is 14.5. The monoisotopic (exact) mass is 609 g/mol. The van der Waals surface area contributed by atoms with Crippen LogP contribution >= 0.6 is 0 Å². The Hall–Kier alpha value is -3.50. The highest BCUT2D eigenvalue weighted by molar-refractivity contribution is 5.98. The summed E-state index contributed by atoms with van der Waals surface area (Å²) in [5, 5.41) is 13.4. The quantitative estimate of drug-likeness (QED) is 0.206. The van der Waals surface area contributed by atoms with Crippen LogP contribution in [0.15, 0.2) is 55.6 Å². The summed E-state index contributed by atoms with van der Waals surface area (Å²) in [7, 11) is 0. The molecule has 0 radical (unpaired) electrons. The van der Waals surface area contributed by atoms with Gasteiger partial charge in [0.25, 0.3) is 0 Å². The number of carbonyl (C=O) groups is 4. The molecule has 3 amide bonds. The minimum absolute atomic E-state index is 0.133. The Morgan fingerprint density at radius 1 is 1.25 bits per heavy atom. The number of aliphatic hydroxyl groups excluding tert-OH is 1. The highest BCUT2D eigenvalue weighted by Gasteiger charge is 2.75. The third-order valence-corrected chi connectivity index (χ3v) is 9.08. The number of benzene rings is 1. The van der Waals surface area contributed by atoms with Crippen LogP contribution in [-0.4, -0.2) is 94.7 Å². The predicted molar refractivity (Wildman–Crippen MR) is 165 cm³/mol. The van der Waals surface area contributed by atoms with Crippen molar-refractivity contribution in [3.05, 3.63) is 61.2 Å². The molecule has 10 nitrogen and oxygen atoms in total. The molecule has 1 aromatic carbocycles. The van der Waals surface area contributed by atoms with Crippen LogP contribution in [0.1, 0.15) is 57.9 Å². The SMILES string of the molecule is C=CCCC(=O)NC[C@H](C)OC(=O)[C@@H]1[C@H]2C(=O)N([C@@H](CO)Cc3ccccc3)[C@H](C(=O)N(CC=C)CCCC)[C@]23CC[C@H]1O3. The highest BCUT2D eigenvalue weighted by atomic mass is 16.6. The molecule has 2 bridgehead atoms. The molecule has 1 aromatic rings. The number of ether oxygens (including phenoxy) is 2. The van der Waals surface area contributed by atoms with Gasteiger partial charge in [-0.1, -0.05) is 55.8 Å². The van der Waals surface area contributed by atoms with Gasteiger partial charge in [-0.2, -0.15) is 0 Å². The normalized spacial score (nSPS) is 26.5. The molecule has 0 aromatic heterocycles. The summed E-state index contributed by atoms with van der Waals surface area (Å²) in [6.45, 7) is 11.8. The summed E-state index contributed by atoms with van der Waals surface area (Å²) in [5.41, 5.74) is -0.292. The Morgan fingerprint density at radius 2 is 2.00 bits per heavy atom. The lowest BCUT2D eigenvalue weighted by Crippen LogP contribution is -2.59. The van der Waals surface area contributed by atoms with Gasteiger partial charge in [-0.15, -0.1) is 13.2 Å². The lowest BCUT2D eigenvalue weighted by atomic mass is 9.70. The van der Waals surface area contributed by atoms with Crippen LogP contribution in [0.2, 0.25) is 0 Å². The molecule has 4 rings (SSSR count). The number of unbranched alkanes of at least 4 members (excludes halogenated alkanes) is 1. The van der Waals surface area contributed by atoms with E-state index >= 15 is 0 Å². The number of carbonyl (C=O) groups excluding carboxylic acids is 4. The van der Waals surface area contributed by atoms with Crippen molar-refractivity contribution in [1.29, 1.82) is 0 Å². The number of nitrogens with zero attached hydrogens (tertiary/aromatic N) is 2. The van der Waals surface area contributed by atoms with Gasteiger partial charge in [0.05, 0.1) is 37.1 Å². The maximum atomic E-state index is 14.5. The summed E-state index contributed by atoms with van der Waals surface area (Å²) in [5.74, 6) is -3.19. The molecule has 10 heteroatoms. The molecule has 3 fully saturated rings. The Kier molecular flexibility index (Phi) is 11.4. The third-order valence-electron chi connectivity index (χ3n) is 9.08. The van der Waals surface area contributed by atoms with Crippen molar-refractivity contribution in [1.82, 2.24) is 15.1 Å². The first kappa shape index (κ1) is 33.4. The van der Waals surface area contributed by atoms with Gasteiger partial charge in [-0.3, -0.25) is 19.2 Å². The fourth-order valence-electron chi connectivity index (χ4n) is 7.04. The molecule has 0 aliphatic carbocycles. The lowest BCUT2D eigenvalue weighted by molar-refractivity contribution is -0.160. The van der Waals surface area contributed by atoms with E-state index in [9.17, 15) is 24.3 Å². The van der Waals surface area contributed by atoms with E-state index in [0.29, 0.717) is 45.2 Å². The fraction of sp³-hybridized carbons (Fsp3) is 0.588. The van der Waals surface area contributed by atoms with Crippen molar-refractivity contribution in [2.75, 3.05) is 26.2 Å². The summed E-state index contributed by atoms with van der Waals surface area (Å²) >= 11 is 0. The highest BCUT2D eigenvalue weighted by Crippen LogP contribution is 2.59. The molecule has 240 valence electrons. The van der Waals surface area contributed by atoms with Gasteiger partial charge in [-0.05, 0) is 44.6 Å². The van der Waals surface area contributed by atoms with Gasteiger partial charge in [-0.25, -0.2) is 0 Å². The average Bonchev–Trinajstić information content (AvgIpc) is 3.67. The van der Waals surface area contributed by atoms with Crippen molar-refractivity contribution < 1.29 is 33.8 Å². The molecule has 3 aliphatic rings. The zero-order chi connectivity index (χ0) is 31.9. The van der Waals surface area contributed by atoms with E-state index in [0.717, 1.165) is 18.4 Å². The van der Waals surface area contributed by atoms with Crippen molar-refractivity contribution in [3.63, 3.8) is 0 Å². The van der Waals surface area contributed by atoms with Gasteiger partial charge in [0.1, 0.15) is 17.7 Å². The minimum atomic E-state index is -1.21. The average molecular weight is 610 g/mol. The topological polar surface area (TPSA) is 125 Å². The molecular formula is C34H47N3O7. The number of esters is 1. The van der Waals surface area contributed by atoms with E-state index in [1.807, 2.05) is 37.3 Å². The maximum Gasteiger partial charge on any atom is 0.312 e. The van der Waals surface area contributed by atoms with Gasteiger partial charge < -0.3 is 29.7 Å². The van der Waals surface area contributed by atoms with E-state index in [1.54, 1.807) is 24.0 Å². The molecule has 3 aliphatic heterocycles. The van der Waals surface area contributed by atoms with Crippen molar-refractivity contribution in [2.24, 2.45) is 11.8 Å². The number of likely N-dealkylation sites (tertiary alicyclic amines) is 1. The smallest absolute Gasteiger partial charge is 0.312 e. The first-order valence-electron chi connectivity index (χ1n) is 15.8. The van der Waals surface area contributed by atoms with Crippen molar-refractivity contribution in [2.45, 2.75) is 88.7 Å². The second-order valence-electron chi connectivity index (χ2n) is 12.1. The summed E-state index contributed by atoms with van der Waals surface area (Å²) in [6.07, 6.45) is 5.94. The fourth-order valence-corrected chi connectivity index (χ4v) is 7.04. The largest absolute Gasteiger partial charge is 0.460 e. The number of rotatable bonds is 17. The van der Waals surface area contributed by atoms with Crippen LogP contribution in [0.25, 0.3) is 0 Å².